The van der Waals surface area contributed by atoms with Gasteiger partial charge in [0.05, 0.1) is 51.7 Å². The van der Waals surface area contributed by atoms with Crippen LogP contribution in [0.3, 0.4) is 0 Å². The average Bonchev–Trinajstić information content (AvgIpc) is 3.80. The van der Waals surface area contributed by atoms with Crippen LogP contribution >= 0.6 is 77.2 Å². The van der Waals surface area contributed by atoms with E-state index >= 15 is 0 Å². The van der Waals surface area contributed by atoms with Gasteiger partial charge in [-0.05, 0) is 98.1 Å². The van der Waals surface area contributed by atoms with E-state index in [1.54, 1.807) is 57.5 Å². The van der Waals surface area contributed by atoms with Gasteiger partial charge in [0.15, 0.2) is 0 Å². The first-order valence-corrected chi connectivity index (χ1v) is 17.0. The second-order valence-electron chi connectivity index (χ2n) is 8.81. The van der Waals surface area contributed by atoms with Crippen molar-refractivity contribution in [2.24, 2.45) is 4.99 Å². The van der Waals surface area contributed by atoms with E-state index in [-0.39, 0.29) is 5.97 Å². The Kier molecular flexibility index (Phi) is 8.76. The second kappa shape index (κ2) is 12.5. The molecule has 209 valence electrons. The van der Waals surface area contributed by atoms with Crippen LogP contribution in [0.15, 0.2) is 85.0 Å². The van der Waals surface area contributed by atoms with E-state index < -0.39 is 7.83 Å². The van der Waals surface area contributed by atoms with Crippen molar-refractivity contribution >= 4 is 113 Å². The number of benzene rings is 1. The van der Waals surface area contributed by atoms with Crippen LogP contribution in [0.25, 0.3) is 41.4 Å². The Morgan fingerprint density at radius 2 is 1.45 bits per heavy atom. The fourth-order valence-corrected chi connectivity index (χ4v) is 9.56. The smallest absolute Gasteiger partial charge is 0.465 e. The molecule has 42 heavy (non-hydrogen) atoms. The summed E-state index contributed by atoms with van der Waals surface area (Å²) in [7, 11) is 0.395. The number of H-pyrrole nitrogens is 1. The molecule has 6 aromatic rings. The number of allylic oxidation sites excluding steroid dienone is 1. The molecule has 1 aliphatic rings. The summed E-state index contributed by atoms with van der Waals surface area (Å²) in [5.74, 6) is -0.351. The molecule has 13 heteroatoms. The maximum Gasteiger partial charge on any atom is 0.577 e. The van der Waals surface area contributed by atoms with Crippen LogP contribution in [0.2, 0.25) is 0 Å². The first-order valence-electron chi connectivity index (χ1n) is 12.2. The van der Waals surface area contributed by atoms with Gasteiger partial charge in [0.2, 0.25) is 0 Å². The average molecular weight is 761 g/mol. The van der Waals surface area contributed by atoms with Crippen molar-refractivity contribution in [3.05, 3.63) is 107 Å². The number of methoxy groups -OCH3 is 1. The number of nitrogens with one attached hydrogen (secondary N) is 1. The number of thiophene rings is 4. The van der Waals surface area contributed by atoms with Crippen molar-refractivity contribution < 1.29 is 18.2 Å². The molecular formula is C29H16BBr2F2N2O2S4. The molecule has 0 aliphatic carbocycles. The molecule has 1 N–H and O–H groups in total. The highest BCUT2D eigenvalue weighted by molar-refractivity contribution is 9.11. The number of nitrogens with zero attached hydrogens (tertiary/aromatic N) is 1. The maximum absolute atomic E-state index is 12.1. The molecule has 0 saturated heterocycles. The van der Waals surface area contributed by atoms with Crippen LogP contribution in [0.5, 0.6) is 0 Å². The van der Waals surface area contributed by atoms with E-state index in [1.165, 1.54) is 31.3 Å². The number of aromatic amines is 1. The molecule has 0 saturated carbocycles. The lowest BCUT2D eigenvalue weighted by Gasteiger charge is -2.09. The molecule has 0 unspecified atom stereocenters. The van der Waals surface area contributed by atoms with Gasteiger partial charge >= 0.3 is 13.8 Å². The summed E-state index contributed by atoms with van der Waals surface area (Å²) in [5, 5.41) is 0.983. The third kappa shape index (κ3) is 5.91. The summed E-state index contributed by atoms with van der Waals surface area (Å²) in [6.45, 7) is 0. The van der Waals surface area contributed by atoms with E-state index in [1.807, 2.05) is 12.1 Å². The van der Waals surface area contributed by atoms with Crippen molar-refractivity contribution in [2.75, 3.05) is 7.11 Å². The predicted octanol–water partition coefficient (Wildman–Crippen LogP) is 9.39. The first kappa shape index (κ1) is 29.4. The summed E-state index contributed by atoms with van der Waals surface area (Å²) in [6.07, 6.45) is 2.17. The van der Waals surface area contributed by atoms with Gasteiger partial charge in [-0.2, -0.15) is 0 Å². The van der Waals surface area contributed by atoms with Crippen molar-refractivity contribution in [2.45, 2.75) is 0 Å². The summed E-state index contributed by atoms with van der Waals surface area (Å²) in [5.41, 5.74) is 5.48. The van der Waals surface area contributed by atoms with Gasteiger partial charge < -0.3 is 9.72 Å². The highest BCUT2D eigenvalue weighted by Crippen LogP contribution is 2.41. The largest absolute Gasteiger partial charge is 0.577 e. The first-order chi connectivity index (χ1) is 20.4. The molecule has 1 radical (unpaired) electrons. The number of carbonyl (C=O) groups is 1. The number of hydrogen-bond acceptors (Lipinski definition) is 7. The lowest BCUT2D eigenvalue weighted by atomic mass is 9.99. The SMILES string of the molecule is COC(=O)c1ccc(/C(=C2\C=c3sc(-c4ccc(Br)s4)cc3=N2)c2cc3sc(-c4ccc(Br)s4)cc3[nH]2)cc1.F[B]F. The zero-order valence-electron chi connectivity index (χ0n) is 21.4. The molecule has 0 amide bonds. The van der Waals surface area contributed by atoms with E-state index in [0.29, 0.717) is 5.56 Å². The number of aromatic nitrogens is 1. The normalized spacial score (nSPS) is 13.2. The molecule has 0 spiro atoms. The Morgan fingerprint density at radius 3 is 2.00 bits per heavy atom. The van der Waals surface area contributed by atoms with Crippen molar-refractivity contribution in [1.29, 1.82) is 0 Å². The molecule has 7 rings (SSSR count). The van der Waals surface area contributed by atoms with Crippen LogP contribution in [0.4, 0.5) is 8.63 Å². The Balaban J connectivity index is 0.00000101. The summed E-state index contributed by atoms with van der Waals surface area (Å²) in [4.78, 5) is 25.7. The highest BCUT2D eigenvalue weighted by Gasteiger charge is 2.19. The number of rotatable bonds is 5. The predicted molar refractivity (Wildman–Crippen MR) is 180 cm³/mol. The lowest BCUT2D eigenvalue weighted by Crippen LogP contribution is -2.12. The Bertz CT molecular complexity index is 2020. The van der Waals surface area contributed by atoms with Crippen LogP contribution in [-0.4, -0.2) is 25.9 Å². The quantitative estimate of drug-likeness (QED) is 0.141. The van der Waals surface area contributed by atoms with E-state index in [4.69, 9.17) is 9.73 Å². The molecule has 1 aromatic carbocycles. The van der Waals surface area contributed by atoms with Gasteiger partial charge in [0.1, 0.15) is 0 Å². The van der Waals surface area contributed by atoms with Crippen LogP contribution < -0.4 is 9.89 Å². The third-order valence-electron chi connectivity index (χ3n) is 6.31. The van der Waals surface area contributed by atoms with E-state index in [2.05, 4.69) is 85.4 Å². The highest BCUT2D eigenvalue weighted by atomic mass is 79.9. The fraction of sp³-hybridized carbons (Fsp3) is 0.0345. The number of halogens is 4. The summed E-state index contributed by atoms with van der Waals surface area (Å²) in [6, 6.07) is 22.5. The number of hydrogen-bond donors (Lipinski definition) is 1. The molecule has 1 aliphatic heterocycles. The number of fused-ring (bicyclic) bond motifs is 2. The minimum Gasteiger partial charge on any atom is -0.465 e. The zero-order chi connectivity index (χ0) is 29.4. The lowest BCUT2D eigenvalue weighted by molar-refractivity contribution is 0.0600. The topological polar surface area (TPSA) is 54.4 Å². The van der Waals surface area contributed by atoms with Crippen molar-refractivity contribution in [1.82, 2.24) is 4.98 Å². The fourth-order valence-electron chi connectivity index (χ4n) is 4.53. The molecule has 5 aromatic heterocycles. The molecule has 0 fully saturated rings. The van der Waals surface area contributed by atoms with E-state index in [9.17, 15) is 13.4 Å². The third-order valence-corrected chi connectivity index (χ3v) is 12.1. The van der Waals surface area contributed by atoms with Crippen LogP contribution in [-0.2, 0) is 4.74 Å². The van der Waals surface area contributed by atoms with Crippen molar-refractivity contribution in [3.63, 3.8) is 0 Å². The molecular weight excluding hydrogens is 745 g/mol. The van der Waals surface area contributed by atoms with Gasteiger partial charge in [0.25, 0.3) is 0 Å². The second-order valence-corrected chi connectivity index (χ2v) is 15.9. The van der Waals surface area contributed by atoms with Crippen LogP contribution in [0, 0.1) is 0 Å². The van der Waals surface area contributed by atoms with Gasteiger partial charge in [-0.1, -0.05) is 12.1 Å². The molecule has 4 nitrogen and oxygen atoms in total. The minimum absolute atomic E-state index is 0.351. The molecule has 6 heterocycles. The van der Waals surface area contributed by atoms with Gasteiger partial charge in [-0.15, -0.1) is 45.3 Å². The van der Waals surface area contributed by atoms with Crippen LogP contribution in [0.1, 0.15) is 21.6 Å². The van der Waals surface area contributed by atoms with Gasteiger partial charge in [0, 0.05) is 25.1 Å². The standard InChI is InChI=1S/C29H16Br2N2O2S4.BF2/c1-35-29(34)15-4-2-14(3-5-15)28(18-12-22-16(32-18)10-24(36-22)20-6-8-26(30)38-20)19-13-23-17(33-19)11-25(37-23)21-7-9-27(31)39-21;2-1-3/h2-13,32H,1H3;/b28-19-;. The minimum atomic E-state index is -1.00. The molecule has 0 bridgehead atoms. The van der Waals surface area contributed by atoms with Gasteiger partial charge in [-0.25, -0.2) is 9.79 Å². The van der Waals surface area contributed by atoms with Crippen molar-refractivity contribution in [3.8, 4) is 19.5 Å². The Labute approximate surface area is 272 Å². The number of esters is 1. The van der Waals surface area contributed by atoms with Gasteiger partial charge in [-0.3, -0.25) is 8.63 Å². The van der Waals surface area contributed by atoms with E-state index in [0.717, 1.165) is 45.5 Å². The summed E-state index contributed by atoms with van der Waals surface area (Å²) < 4.78 is 28.5. The molecule has 0 atom stereocenters. The monoisotopic (exact) mass is 759 g/mol. The Hall–Kier alpha value is -2.68. The Morgan fingerprint density at radius 1 is 0.833 bits per heavy atom. The maximum atomic E-state index is 12.1. The zero-order valence-corrected chi connectivity index (χ0v) is 27.9. The number of carbonyl (C=O) groups excluding carboxylic acids is 1. The summed E-state index contributed by atoms with van der Waals surface area (Å²) >= 11 is 14.1. The number of ether oxygens (including phenoxy) is 1.